The Balaban J connectivity index is 2.30. The Labute approximate surface area is 150 Å². The van der Waals surface area contributed by atoms with Crippen molar-refractivity contribution in [3.8, 4) is 11.1 Å². The molecule has 0 bridgehead atoms. The minimum Gasteiger partial charge on any atom is -0.478 e. The highest BCUT2D eigenvalue weighted by atomic mass is 19.1. The molecule has 1 amide bonds. The lowest BCUT2D eigenvalue weighted by Gasteiger charge is -2.12. The molecule has 4 nitrogen and oxygen atoms in total. The Kier molecular flexibility index (Phi) is 6.22. The van der Waals surface area contributed by atoms with Gasteiger partial charge in [0.15, 0.2) is 0 Å². The standard InChI is InChI=1S/C20H19F2NO3/c1-3-15(16(4-2)20(25)26)19(24)23-18-9-8-13(11-17(18)22)12-6-5-7-14(21)10-12/h5-11H,3-4H2,1-2H3,(H,23,24)(H,25,26)/b16-15-. The highest BCUT2D eigenvalue weighted by Gasteiger charge is 2.19. The number of carbonyl (C=O) groups excluding carboxylic acids is 1. The van der Waals surface area contributed by atoms with Crippen LogP contribution in [0.3, 0.4) is 0 Å². The summed E-state index contributed by atoms with van der Waals surface area (Å²) in [6, 6.07) is 9.86. The summed E-state index contributed by atoms with van der Waals surface area (Å²) in [6.45, 7) is 3.30. The quantitative estimate of drug-likeness (QED) is 0.730. The number of amides is 1. The van der Waals surface area contributed by atoms with Gasteiger partial charge in [0.2, 0.25) is 0 Å². The third kappa shape index (κ3) is 4.33. The molecule has 0 aliphatic rings. The molecule has 136 valence electrons. The van der Waals surface area contributed by atoms with Crippen LogP contribution in [0.25, 0.3) is 11.1 Å². The number of hydrogen-bond donors (Lipinski definition) is 2. The Bertz CT molecular complexity index is 875. The Morgan fingerprint density at radius 2 is 1.62 bits per heavy atom. The number of hydrogen-bond acceptors (Lipinski definition) is 2. The second-order valence-corrected chi connectivity index (χ2v) is 5.63. The van der Waals surface area contributed by atoms with Crippen molar-refractivity contribution in [1.29, 1.82) is 0 Å². The lowest BCUT2D eigenvalue weighted by molar-refractivity contribution is -0.133. The van der Waals surface area contributed by atoms with Crippen LogP contribution in [-0.4, -0.2) is 17.0 Å². The van der Waals surface area contributed by atoms with E-state index in [0.29, 0.717) is 11.1 Å². The molecule has 0 atom stereocenters. The van der Waals surface area contributed by atoms with Gasteiger partial charge in [0.25, 0.3) is 5.91 Å². The fourth-order valence-corrected chi connectivity index (χ4v) is 2.67. The number of benzene rings is 2. The van der Waals surface area contributed by atoms with E-state index in [9.17, 15) is 23.5 Å². The number of carbonyl (C=O) groups is 2. The van der Waals surface area contributed by atoms with Crippen molar-refractivity contribution < 1.29 is 23.5 Å². The molecular weight excluding hydrogens is 340 g/mol. The highest BCUT2D eigenvalue weighted by molar-refractivity contribution is 6.08. The molecule has 0 saturated heterocycles. The Hall–Kier alpha value is -3.02. The minimum absolute atomic E-state index is 0.00166. The normalized spacial score (nSPS) is 11.7. The van der Waals surface area contributed by atoms with Gasteiger partial charge in [-0.05, 0) is 48.2 Å². The molecule has 2 rings (SSSR count). The first-order valence-electron chi connectivity index (χ1n) is 8.19. The first-order valence-corrected chi connectivity index (χ1v) is 8.19. The molecular formula is C20H19F2NO3. The van der Waals surface area contributed by atoms with Gasteiger partial charge in [0, 0.05) is 11.1 Å². The number of aliphatic carboxylic acids is 1. The molecule has 0 fully saturated rings. The number of carboxylic acid groups (broad SMARTS) is 1. The van der Waals surface area contributed by atoms with E-state index in [1.807, 2.05) is 0 Å². The number of rotatable bonds is 6. The number of halogens is 2. The maximum Gasteiger partial charge on any atom is 0.332 e. The Morgan fingerprint density at radius 1 is 0.962 bits per heavy atom. The number of carboxylic acids is 1. The van der Waals surface area contributed by atoms with E-state index in [2.05, 4.69) is 5.32 Å². The lowest BCUT2D eigenvalue weighted by Crippen LogP contribution is -2.19. The zero-order valence-electron chi connectivity index (χ0n) is 14.5. The van der Waals surface area contributed by atoms with Gasteiger partial charge in [-0.2, -0.15) is 0 Å². The number of anilines is 1. The fourth-order valence-electron chi connectivity index (χ4n) is 2.67. The molecule has 2 N–H and O–H groups in total. The van der Waals surface area contributed by atoms with Crippen LogP contribution in [0.5, 0.6) is 0 Å². The summed E-state index contributed by atoms with van der Waals surface area (Å²) < 4.78 is 27.7. The van der Waals surface area contributed by atoms with Crippen LogP contribution < -0.4 is 5.32 Å². The second-order valence-electron chi connectivity index (χ2n) is 5.63. The molecule has 0 saturated carbocycles. The van der Waals surface area contributed by atoms with Crippen LogP contribution in [0.15, 0.2) is 53.6 Å². The van der Waals surface area contributed by atoms with E-state index in [0.717, 1.165) is 0 Å². The van der Waals surface area contributed by atoms with Crippen molar-refractivity contribution in [3.05, 3.63) is 65.2 Å². The molecule has 2 aromatic rings. The van der Waals surface area contributed by atoms with Crippen LogP contribution in [0.4, 0.5) is 14.5 Å². The van der Waals surface area contributed by atoms with Crippen LogP contribution in [-0.2, 0) is 9.59 Å². The van der Waals surface area contributed by atoms with Gasteiger partial charge in [0.05, 0.1) is 5.69 Å². The van der Waals surface area contributed by atoms with Crippen molar-refractivity contribution in [2.24, 2.45) is 0 Å². The molecule has 2 aromatic carbocycles. The second kappa shape index (κ2) is 8.38. The van der Waals surface area contributed by atoms with E-state index >= 15 is 0 Å². The molecule has 26 heavy (non-hydrogen) atoms. The van der Waals surface area contributed by atoms with Crippen molar-refractivity contribution >= 4 is 17.6 Å². The van der Waals surface area contributed by atoms with Crippen LogP contribution >= 0.6 is 0 Å². The van der Waals surface area contributed by atoms with Gasteiger partial charge >= 0.3 is 5.97 Å². The van der Waals surface area contributed by atoms with Crippen molar-refractivity contribution in [1.82, 2.24) is 0 Å². The van der Waals surface area contributed by atoms with Crippen molar-refractivity contribution in [3.63, 3.8) is 0 Å². The molecule has 0 aliphatic carbocycles. The van der Waals surface area contributed by atoms with Gasteiger partial charge in [-0.15, -0.1) is 0 Å². The summed E-state index contributed by atoms with van der Waals surface area (Å²) in [6.07, 6.45) is 0.400. The van der Waals surface area contributed by atoms with E-state index in [1.54, 1.807) is 26.0 Å². The smallest absolute Gasteiger partial charge is 0.332 e. The van der Waals surface area contributed by atoms with Crippen LogP contribution in [0, 0.1) is 11.6 Å². The average molecular weight is 359 g/mol. The molecule has 0 unspecified atom stereocenters. The van der Waals surface area contributed by atoms with Gasteiger partial charge in [0.1, 0.15) is 11.6 Å². The maximum atomic E-state index is 14.4. The van der Waals surface area contributed by atoms with Crippen molar-refractivity contribution in [2.75, 3.05) is 5.32 Å². The summed E-state index contributed by atoms with van der Waals surface area (Å²) in [7, 11) is 0. The molecule has 0 aliphatic heterocycles. The third-order valence-electron chi connectivity index (χ3n) is 3.98. The molecule has 6 heteroatoms. The summed E-state index contributed by atoms with van der Waals surface area (Å²) in [4.78, 5) is 23.6. The van der Waals surface area contributed by atoms with E-state index < -0.39 is 23.5 Å². The average Bonchev–Trinajstić information content (AvgIpc) is 2.60. The zero-order chi connectivity index (χ0) is 19.3. The van der Waals surface area contributed by atoms with E-state index in [-0.39, 0.29) is 29.7 Å². The van der Waals surface area contributed by atoms with Crippen LogP contribution in [0.2, 0.25) is 0 Å². The van der Waals surface area contributed by atoms with E-state index in [1.165, 1.54) is 30.3 Å². The Morgan fingerprint density at radius 3 is 2.15 bits per heavy atom. The van der Waals surface area contributed by atoms with Gasteiger partial charge < -0.3 is 10.4 Å². The SMILES string of the molecule is CC/C(C(=O)O)=C(\CC)C(=O)Nc1ccc(-c2cccc(F)c2)cc1F. The molecule has 0 heterocycles. The fraction of sp³-hybridized carbons (Fsp3) is 0.200. The van der Waals surface area contributed by atoms with Crippen molar-refractivity contribution in [2.45, 2.75) is 26.7 Å². The first kappa shape index (κ1) is 19.3. The minimum atomic E-state index is -1.17. The predicted molar refractivity (Wildman–Crippen MR) is 95.7 cm³/mol. The highest BCUT2D eigenvalue weighted by Crippen LogP contribution is 2.25. The summed E-state index contributed by atoms with van der Waals surface area (Å²) in [5.41, 5.74) is 1.01. The predicted octanol–water partition coefficient (Wildman–Crippen LogP) is 4.77. The molecule has 0 radical (unpaired) electrons. The summed E-state index contributed by atoms with van der Waals surface area (Å²) in [5, 5.41) is 11.6. The zero-order valence-corrected chi connectivity index (χ0v) is 14.5. The lowest BCUT2D eigenvalue weighted by atomic mass is 10.0. The topological polar surface area (TPSA) is 66.4 Å². The molecule has 0 spiro atoms. The largest absolute Gasteiger partial charge is 0.478 e. The van der Waals surface area contributed by atoms with Crippen LogP contribution in [0.1, 0.15) is 26.7 Å². The first-order chi connectivity index (χ1) is 12.4. The summed E-state index contributed by atoms with van der Waals surface area (Å²) in [5.74, 6) is -2.94. The van der Waals surface area contributed by atoms with Gasteiger partial charge in [-0.1, -0.05) is 32.0 Å². The van der Waals surface area contributed by atoms with Gasteiger partial charge in [-0.25, -0.2) is 13.6 Å². The number of nitrogens with one attached hydrogen (secondary N) is 1. The summed E-state index contributed by atoms with van der Waals surface area (Å²) >= 11 is 0. The third-order valence-corrected chi connectivity index (χ3v) is 3.98. The maximum absolute atomic E-state index is 14.4. The van der Waals surface area contributed by atoms with Gasteiger partial charge in [-0.3, -0.25) is 4.79 Å². The molecule has 0 aromatic heterocycles. The van der Waals surface area contributed by atoms with E-state index in [4.69, 9.17) is 0 Å². The monoisotopic (exact) mass is 359 g/mol.